The van der Waals surface area contributed by atoms with Crippen molar-refractivity contribution in [3.05, 3.63) is 87.4 Å². The predicted molar refractivity (Wildman–Crippen MR) is 134 cm³/mol. The number of amides is 3. The molecule has 0 bridgehead atoms. The Labute approximate surface area is 219 Å². The number of hydrogen-bond donors (Lipinski definition) is 1. The van der Waals surface area contributed by atoms with Gasteiger partial charge < -0.3 is 19.2 Å². The summed E-state index contributed by atoms with van der Waals surface area (Å²) in [7, 11) is 1.21. The third-order valence-electron chi connectivity index (χ3n) is 4.98. The molecule has 1 aromatic heterocycles. The van der Waals surface area contributed by atoms with E-state index in [1.54, 1.807) is 6.07 Å². The summed E-state index contributed by atoms with van der Waals surface area (Å²) in [4.78, 5) is 49.9. The number of ether oxygens (including phenoxy) is 2. The highest BCUT2D eigenvalue weighted by Gasteiger charge is 2.35. The molecule has 3 aromatic rings. The molecular weight excluding hydrogens is 527 g/mol. The molecule has 0 spiro atoms. The molecule has 9 nitrogen and oxygen atoms in total. The number of hydrogen-bond acceptors (Lipinski definition) is 8. The highest BCUT2D eigenvalue weighted by atomic mass is 35.5. The molecule has 0 aliphatic carbocycles. The van der Waals surface area contributed by atoms with Crippen molar-refractivity contribution in [2.45, 2.75) is 6.54 Å². The van der Waals surface area contributed by atoms with Crippen molar-refractivity contribution in [3.8, 4) is 5.75 Å². The molecule has 3 amide bonds. The summed E-state index contributed by atoms with van der Waals surface area (Å²) < 4.78 is 28.3. The van der Waals surface area contributed by atoms with Crippen LogP contribution in [-0.2, 0) is 20.9 Å². The molecule has 2 heterocycles. The van der Waals surface area contributed by atoms with E-state index in [4.69, 9.17) is 20.8 Å². The average molecular weight is 545 g/mol. The van der Waals surface area contributed by atoms with E-state index < -0.39 is 28.8 Å². The van der Waals surface area contributed by atoms with Gasteiger partial charge in [-0.1, -0.05) is 17.7 Å². The van der Waals surface area contributed by atoms with Crippen LogP contribution < -0.4 is 10.1 Å². The number of imide groups is 1. The zero-order chi connectivity index (χ0) is 26.5. The van der Waals surface area contributed by atoms with Crippen molar-refractivity contribution in [1.29, 1.82) is 0 Å². The summed E-state index contributed by atoms with van der Waals surface area (Å²) in [5.41, 5.74) is 0.950. The zero-order valence-electron chi connectivity index (χ0n) is 19.2. The van der Waals surface area contributed by atoms with E-state index in [9.17, 15) is 23.6 Å². The number of halogens is 2. The lowest BCUT2D eigenvalue weighted by molar-refractivity contribution is -0.123. The third kappa shape index (κ3) is 6.38. The van der Waals surface area contributed by atoms with Gasteiger partial charge in [-0.25, -0.2) is 9.18 Å². The number of carbonyl (C=O) groups is 4. The number of esters is 1. The van der Waals surface area contributed by atoms with Gasteiger partial charge in [-0.05, 0) is 71.9 Å². The van der Waals surface area contributed by atoms with E-state index in [2.05, 4.69) is 10.1 Å². The van der Waals surface area contributed by atoms with Gasteiger partial charge in [-0.3, -0.25) is 19.3 Å². The Bertz CT molecular complexity index is 1400. The van der Waals surface area contributed by atoms with Crippen LogP contribution in [0.5, 0.6) is 5.75 Å². The Morgan fingerprint density at radius 3 is 2.59 bits per heavy atom. The molecule has 37 heavy (non-hydrogen) atoms. The minimum atomic E-state index is -0.668. The van der Waals surface area contributed by atoms with Crippen molar-refractivity contribution in [3.63, 3.8) is 0 Å². The van der Waals surface area contributed by atoms with Crippen LogP contribution in [0.3, 0.4) is 0 Å². The Balaban J connectivity index is 1.37. The zero-order valence-corrected chi connectivity index (χ0v) is 20.7. The Hall–Kier alpha value is -4.09. The molecule has 0 unspecified atom stereocenters. The number of anilines is 1. The summed E-state index contributed by atoms with van der Waals surface area (Å²) in [5.74, 6) is -1.63. The van der Waals surface area contributed by atoms with E-state index in [0.29, 0.717) is 11.3 Å². The van der Waals surface area contributed by atoms with E-state index in [0.717, 1.165) is 16.7 Å². The lowest BCUT2D eigenvalue weighted by Gasteiger charge is -2.10. The SMILES string of the molecule is COC(=O)c1ccc(CN2C(=O)S/C(=C/c3ccc(OCC(=O)Nc4ccc(F)cc4)c(Cl)c3)C2=O)o1. The van der Waals surface area contributed by atoms with E-state index in [1.165, 1.54) is 61.7 Å². The van der Waals surface area contributed by atoms with Crippen molar-refractivity contribution >= 4 is 58.1 Å². The van der Waals surface area contributed by atoms with E-state index in [-0.39, 0.29) is 40.3 Å². The molecule has 2 aromatic carbocycles. The van der Waals surface area contributed by atoms with Gasteiger partial charge in [-0.15, -0.1) is 0 Å². The molecule has 0 saturated carbocycles. The molecule has 4 rings (SSSR count). The highest BCUT2D eigenvalue weighted by molar-refractivity contribution is 8.18. The second-order valence-corrected chi connectivity index (χ2v) is 8.96. The Morgan fingerprint density at radius 1 is 1.14 bits per heavy atom. The Kier molecular flexibility index (Phi) is 7.95. The minimum Gasteiger partial charge on any atom is -0.482 e. The van der Waals surface area contributed by atoms with Crippen molar-refractivity contribution in [2.24, 2.45) is 0 Å². The Morgan fingerprint density at radius 2 is 1.89 bits per heavy atom. The molecule has 12 heteroatoms. The van der Waals surface area contributed by atoms with Gasteiger partial charge in [0.05, 0.1) is 23.6 Å². The number of carbonyl (C=O) groups excluding carboxylic acids is 4. The normalized spacial score (nSPS) is 14.2. The fourth-order valence-corrected chi connectivity index (χ4v) is 4.30. The fraction of sp³-hybridized carbons (Fsp3) is 0.120. The summed E-state index contributed by atoms with van der Waals surface area (Å²) in [6.45, 7) is -0.480. The van der Waals surface area contributed by atoms with Gasteiger partial charge in [0.25, 0.3) is 17.1 Å². The first kappa shape index (κ1) is 26.0. The molecule has 0 atom stereocenters. The first-order chi connectivity index (χ1) is 17.7. The van der Waals surface area contributed by atoms with Crippen LogP contribution in [0.4, 0.5) is 14.9 Å². The summed E-state index contributed by atoms with van der Waals surface area (Å²) in [6.07, 6.45) is 1.50. The molecule has 1 aliphatic heterocycles. The fourth-order valence-electron chi connectivity index (χ4n) is 3.21. The van der Waals surface area contributed by atoms with Crippen molar-refractivity contribution < 1.29 is 37.5 Å². The van der Waals surface area contributed by atoms with Crippen LogP contribution in [0.1, 0.15) is 21.9 Å². The molecule has 1 saturated heterocycles. The largest absolute Gasteiger partial charge is 0.482 e. The summed E-state index contributed by atoms with van der Waals surface area (Å²) in [5, 5.41) is 2.26. The number of nitrogens with zero attached hydrogens (tertiary/aromatic N) is 1. The standard InChI is InChI=1S/C25H18ClFN2O7S/c1-34-24(32)20-9-7-17(36-20)12-29-23(31)21(37-25(29)33)11-14-2-8-19(18(26)10-14)35-13-22(30)28-16-5-3-15(27)4-6-16/h2-11H,12-13H2,1H3,(H,28,30)/b21-11+. The maximum absolute atomic E-state index is 13.0. The van der Waals surface area contributed by atoms with Gasteiger partial charge in [0.2, 0.25) is 5.76 Å². The summed E-state index contributed by atoms with van der Waals surface area (Å²) in [6, 6.07) is 12.8. The third-order valence-corrected chi connectivity index (χ3v) is 6.18. The lowest BCUT2D eigenvalue weighted by atomic mass is 10.2. The number of methoxy groups -OCH3 is 1. The molecule has 0 radical (unpaired) electrons. The lowest BCUT2D eigenvalue weighted by Crippen LogP contribution is -2.27. The first-order valence-corrected chi connectivity index (χ1v) is 11.8. The maximum Gasteiger partial charge on any atom is 0.373 e. The quantitative estimate of drug-likeness (QED) is 0.307. The molecule has 1 aliphatic rings. The van der Waals surface area contributed by atoms with E-state index in [1.807, 2.05) is 0 Å². The van der Waals surface area contributed by atoms with Crippen molar-refractivity contribution in [2.75, 3.05) is 19.0 Å². The second kappa shape index (κ2) is 11.3. The number of rotatable bonds is 8. The van der Waals surface area contributed by atoms with Gasteiger partial charge >= 0.3 is 5.97 Å². The van der Waals surface area contributed by atoms with Gasteiger partial charge in [-0.2, -0.15) is 0 Å². The van der Waals surface area contributed by atoms with E-state index >= 15 is 0 Å². The molecule has 190 valence electrons. The van der Waals surface area contributed by atoms with Crippen LogP contribution >= 0.6 is 23.4 Å². The smallest absolute Gasteiger partial charge is 0.373 e. The number of thioether (sulfide) groups is 1. The molecule has 1 fully saturated rings. The topological polar surface area (TPSA) is 115 Å². The predicted octanol–water partition coefficient (Wildman–Crippen LogP) is 5.11. The number of furan rings is 1. The van der Waals surface area contributed by atoms with Gasteiger partial charge in [0.1, 0.15) is 17.3 Å². The monoisotopic (exact) mass is 544 g/mol. The minimum absolute atomic E-state index is 0.0371. The summed E-state index contributed by atoms with van der Waals surface area (Å²) >= 11 is 7.02. The van der Waals surface area contributed by atoms with Crippen LogP contribution in [0.2, 0.25) is 5.02 Å². The average Bonchev–Trinajstić information content (AvgIpc) is 3.45. The van der Waals surface area contributed by atoms with Crippen LogP contribution in [-0.4, -0.2) is 41.6 Å². The van der Waals surface area contributed by atoms with Gasteiger partial charge in [0, 0.05) is 5.69 Å². The number of benzene rings is 2. The van der Waals surface area contributed by atoms with Crippen LogP contribution in [0.15, 0.2) is 63.9 Å². The molecular formula is C25H18ClFN2O7S. The van der Waals surface area contributed by atoms with Gasteiger partial charge in [0.15, 0.2) is 6.61 Å². The highest BCUT2D eigenvalue weighted by Crippen LogP contribution is 2.35. The van der Waals surface area contributed by atoms with Crippen LogP contribution in [0.25, 0.3) is 6.08 Å². The maximum atomic E-state index is 13.0. The van der Waals surface area contributed by atoms with Crippen LogP contribution in [0, 0.1) is 5.82 Å². The molecule has 1 N–H and O–H groups in total. The second-order valence-electron chi connectivity index (χ2n) is 7.56. The first-order valence-electron chi connectivity index (χ1n) is 10.6. The van der Waals surface area contributed by atoms with Crippen molar-refractivity contribution in [1.82, 2.24) is 4.90 Å². The number of nitrogens with one attached hydrogen (secondary N) is 1.